The highest BCUT2D eigenvalue weighted by atomic mass is 35.5. The number of nitrogens with zero attached hydrogens (tertiary/aromatic N) is 1. The lowest BCUT2D eigenvalue weighted by Gasteiger charge is -2.16. The van der Waals surface area contributed by atoms with Gasteiger partial charge in [0.15, 0.2) is 0 Å². The van der Waals surface area contributed by atoms with Gasteiger partial charge in [0.2, 0.25) is 0 Å². The Morgan fingerprint density at radius 1 is 1.44 bits per heavy atom. The molecule has 0 amide bonds. The summed E-state index contributed by atoms with van der Waals surface area (Å²) < 4.78 is 5.65. The van der Waals surface area contributed by atoms with Crippen molar-refractivity contribution in [2.45, 2.75) is 33.5 Å². The molecule has 0 aliphatic carbocycles. The third kappa shape index (κ3) is 3.63. The van der Waals surface area contributed by atoms with E-state index >= 15 is 0 Å². The Bertz CT molecular complexity index is 344. The standard InChI is InChI=1S/C11H18ClN3O/c1-7(2)8(3)16-6-10-9(12)4-5-11(14-10)15-13/h4-5,7-8H,6,13H2,1-3H3,(H,14,15). The number of halogens is 1. The third-order valence-corrected chi connectivity index (χ3v) is 2.83. The normalized spacial score (nSPS) is 12.9. The molecule has 1 aromatic heterocycles. The Kier molecular flexibility index (Phi) is 4.99. The van der Waals surface area contributed by atoms with E-state index in [-0.39, 0.29) is 6.10 Å². The molecule has 0 aliphatic rings. The SMILES string of the molecule is CC(C)C(C)OCc1nc(NN)ccc1Cl. The van der Waals surface area contributed by atoms with Crippen LogP contribution < -0.4 is 11.3 Å². The minimum atomic E-state index is 0.173. The molecule has 1 atom stereocenters. The van der Waals surface area contributed by atoms with Crippen LogP contribution in [0.1, 0.15) is 26.5 Å². The summed E-state index contributed by atoms with van der Waals surface area (Å²) in [5.41, 5.74) is 3.18. The van der Waals surface area contributed by atoms with Gasteiger partial charge < -0.3 is 10.2 Å². The lowest BCUT2D eigenvalue weighted by Crippen LogP contribution is -2.16. The third-order valence-electron chi connectivity index (χ3n) is 2.49. The van der Waals surface area contributed by atoms with Crippen molar-refractivity contribution in [3.05, 3.63) is 22.8 Å². The maximum absolute atomic E-state index is 6.01. The Labute approximate surface area is 101 Å². The molecular formula is C11H18ClN3O. The molecule has 4 nitrogen and oxygen atoms in total. The number of ether oxygens (including phenoxy) is 1. The fraction of sp³-hybridized carbons (Fsp3) is 0.545. The summed E-state index contributed by atoms with van der Waals surface area (Å²) in [6.45, 7) is 6.65. The first kappa shape index (κ1) is 13.2. The van der Waals surface area contributed by atoms with Gasteiger partial charge in [0.1, 0.15) is 5.82 Å². The molecule has 0 radical (unpaired) electrons. The molecular weight excluding hydrogens is 226 g/mol. The molecule has 0 fully saturated rings. The van der Waals surface area contributed by atoms with E-state index in [9.17, 15) is 0 Å². The number of rotatable bonds is 5. The van der Waals surface area contributed by atoms with Gasteiger partial charge in [0.25, 0.3) is 0 Å². The average Bonchev–Trinajstić information content (AvgIpc) is 2.27. The van der Waals surface area contributed by atoms with Crippen LogP contribution in [0.15, 0.2) is 12.1 Å². The number of hydrogen-bond acceptors (Lipinski definition) is 4. The van der Waals surface area contributed by atoms with Crippen LogP contribution in [0.4, 0.5) is 5.82 Å². The second-order valence-corrected chi connectivity index (χ2v) is 4.44. The van der Waals surface area contributed by atoms with Crippen molar-refractivity contribution in [3.63, 3.8) is 0 Å². The first-order valence-electron chi connectivity index (χ1n) is 5.28. The summed E-state index contributed by atoms with van der Waals surface area (Å²) in [6, 6.07) is 3.47. The number of aromatic nitrogens is 1. The van der Waals surface area contributed by atoms with Gasteiger partial charge in [-0.25, -0.2) is 10.8 Å². The van der Waals surface area contributed by atoms with Crippen molar-refractivity contribution in [3.8, 4) is 0 Å². The smallest absolute Gasteiger partial charge is 0.140 e. The van der Waals surface area contributed by atoms with Crippen molar-refractivity contribution in [2.24, 2.45) is 11.8 Å². The van der Waals surface area contributed by atoms with Crippen LogP contribution in [0.2, 0.25) is 5.02 Å². The number of pyridine rings is 1. The summed E-state index contributed by atoms with van der Waals surface area (Å²) in [5.74, 6) is 6.33. The minimum Gasteiger partial charge on any atom is -0.372 e. The van der Waals surface area contributed by atoms with Gasteiger partial charge >= 0.3 is 0 Å². The average molecular weight is 244 g/mol. The van der Waals surface area contributed by atoms with Gasteiger partial charge in [-0.3, -0.25) is 0 Å². The highest BCUT2D eigenvalue weighted by Crippen LogP contribution is 2.18. The quantitative estimate of drug-likeness (QED) is 0.617. The minimum absolute atomic E-state index is 0.173. The molecule has 1 rings (SSSR count). The Hall–Kier alpha value is -0.840. The first-order chi connectivity index (χ1) is 7.54. The zero-order valence-corrected chi connectivity index (χ0v) is 10.6. The van der Waals surface area contributed by atoms with Crippen LogP contribution in [-0.2, 0) is 11.3 Å². The number of nitrogens with two attached hydrogens (primary N) is 1. The first-order valence-corrected chi connectivity index (χ1v) is 5.66. The zero-order chi connectivity index (χ0) is 12.1. The molecule has 3 N–H and O–H groups in total. The summed E-state index contributed by atoms with van der Waals surface area (Å²) in [5, 5.41) is 0.593. The summed E-state index contributed by atoms with van der Waals surface area (Å²) >= 11 is 6.01. The van der Waals surface area contributed by atoms with E-state index < -0.39 is 0 Å². The lowest BCUT2D eigenvalue weighted by molar-refractivity contribution is 0.0219. The molecule has 0 bridgehead atoms. The van der Waals surface area contributed by atoms with E-state index in [2.05, 4.69) is 24.3 Å². The van der Waals surface area contributed by atoms with Crippen LogP contribution in [0.5, 0.6) is 0 Å². The van der Waals surface area contributed by atoms with E-state index in [1.54, 1.807) is 12.1 Å². The van der Waals surface area contributed by atoms with Crippen LogP contribution >= 0.6 is 11.6 Å². The number of nitrogen functional groups attached to an aromatic ring is 1. The summed E-state index contributed by atoms with van der Waals surface area (Å²) in [6.07, 6.45) is 0.173. The Balaban J connectivity index is 2.65. The molecule has 1 aromatic rings. The Morgan fingerprint density at radius 3 is 2.69 bits per heavy atom. The number of hydrazine groups is 1. The molecule has 0 saturated heterocycles. The van der Waals surface area contributed by atoms with Crippen LogP contribution in [-0.4, -0.2) is 11.1 Å². The van der Waals surface area contributed by atoms with Crippen LogP contribution in [0, 0.1) is 5.92 Å². The van der Waals surface area contributed by atoms with Crippen molar-refractivity contribution in [2.75, 3.05) is 5.43 Å². The van der Waals surface area contributed by atoms with Crippen molar-refractivity contribution < 1.29 is 4.74 Å². The largest absolute Gasteiger partial charge is 0.372 e. The molecule has 5 heteroatoms. The van der Waals surface area contributed by atoms with E-state index in [1.807, 2.05) is 6.92 Å². The molecule has 16 heavy (non-hydrogen) atoms. The highest BCUT2D eigenvalue weighted by molar-refractivity contribution is 6.31. The van der Waals surface area contributed by atoms with Crippen LogP contribution in [0.3, 0.4) is 0 Å². The Morgan fingerprint density at radius 2 is 2.12 bits per heavy atom. The monoisotopic (exact) mass is 243 g/mol. The lowest BCUT2D eigenvalue weighted by atomic mass is 10.1. The van der Waals surface area contributed by atoms with Crippen molar-refractivity contribution in [1.82, 2.24) is 4.98 Å². The van der Waals surface area contributed by atoms with Gasteiger partial charge in [0, 0.05) is 0 Å². The fourth-order valence-corrected chi connectivity index (χ4v) is 1.23. The van der Waals surface area contributed by atoms with Crippen molar-refractivity contribution >= 4 is 17.4 Å². The van der Waals surface area contributed by atoms with Gasteiger partial charge in [-0.05, 0) is 25.0 Å². The predicted octanol–water partition coefficient (Wildman–Crippen LogP) is 2.58. The molecule has 0 saturated carbocycles. The van der Waals surface area contributed by atoms with E-state index in [0.717, 1.165) is 0 Å². The van der Waals surface area contributed by atoms with Crippen molar-refractivity contribution in [1.29, 1.82) is 0 Å². The molecule has 90 valence electrons. The number of anilines is 1. The fourth-order valence-electron chi connectivity index (χ4n) is 1.07. The van der Waals surface area contributed by atoms with Gasteiger partial charge in [0.05, 0.1) is 23.4 Å². The van der Waals surface area contributed by atoms with Gasteiger partial charge in [-0.1, -0.05) is 25.4 Å². The van der Waals surface area contributed by atoms with Crippen LogP contribution in [0.25, 0.3) is 0 Å². The molecule has 0 spiro atoms. The summed E-state index contributed by atoms with van der Waals surface area (Å²) in [4.78, 5) is 4.23. The van der Waals surface area contributed by atoms with E-state index in [0.29, 0.717) is 29.1 Å². The second-order valence-electron chi connectivity index (χ2n) is 4.03. The molecule has 1 unspecified atom stereocenters. The maximum Gasteiger partial charge on any atom is 0.140 e. The zero-order valence-electron chi connectivity index (χ0n) is 9.83. The number of hydrogen-bond donors (Lipinski definition) is 2. The van der Waals surface area contributed by atoms with E-state index in [1.165, 1.54) is 0 Å². The number of nitrogens with one attached hydrogen (secondary N) is 1. The summed E-state index contributed by atoms with van der Waals surface area (Å²) in [7, 11) is 0. The highest BCUT2D eigenvalue weighted by Gasteiger charge is 2.10. The molecule has 0 aromatic carbocycles. The van der Waals surface area contributed by atoms with Gasteiger partial charge in [-0.15, -0.1) is 0 Å². The van der Waals surface area contributed by atoms with E-state index in [4.69, 9.17) is 22.2 Å². The maximum atomic E-state index is 6.01. The molecule has 1 heterocycles. The second kappa shape index (κ2) is 6.03. The topological polar surface area (TPSA) is 60.2 Å². The van der Waals surface area contributed by atoms with Gasteiger partial charge in [-0.2, -0.15) is 0 Å². The predicted molar refractivity (Wildman–Crippen MR) is 66.1 cm³/mol. The molecule has 0 aliphatic heterocycles.